The van der Waals surface area contributed by atoms with Gasteiger partial charge in [-0.3, -0.25) is 4.79 Å². The van der Waals surface area contributed by atoms with Crippen LogP contribution in [0.25, 0.3) is 0 Å². The van der Waals surface area contributed by atoms with Gasteiger partial charge in [0.15, 0.2) is 11.6 Å². The maximum atomic E-state index is 11.8. The van der Waals surface area contributed by atoms with Crippen molar-refractivity contribution >= 4 is 35.5 Å². The monoisotopic (exact) mass is 698 g/mol. The highest BCUT2D eigenvalue weighted by Crippen LogP contribution is 2.44. The second kappa shape index (κ2) is 17.5. The van der Waals surface area contributed by atoms with Crippen LogP contribution in [0.5, 0.6) is 0 Å². The maximum Gasteiger partial charge on any atom is 0.330 e. The van der Waals surface area contributed by atoms with Gasteiger partial charge in [0.1, 0.15) is 13.2 Å². The summed E-state index contributed by atoms with van der Waals surface area (Å²) in [5.41, 5.74) is 2.02. The quantitative estimate of drug-likeness (QED) is 0.118. The molecule has 4 heterocycles. The van der Waals surface area contributed by atoms with Gasteiger partial charge in [0.05, 0.1) is 24.4 Å². The molecule has 0 saturated carbocycles. The number of benzene rings is 2. The van der Waals surface area contributed by atoms with Gasteiger partial charge in [-0.05, 0) is 64.5 Å². The highest BCUT2D eigenvalue weighted by Gasteiger charge is 2.50. The fourth-order valence-corrected chi connectivity index (χ4v) is 9.24. The van der Waals surface area contributed by atoms with Crippen molar-refractivity contribution in [1.29, 1.82) is 0 Å². The van der Waals surface area contributed by atoms with Gasteiger partial charge >= 0.3 is 11.9 Å². The van der Waals surface area contributed by atoms with Crippen LogP contribution >= 0.6 is 23.5 Å². The lowest BCUT2D eigenvalue weighted by atomic mass is 10.1. The number of fused-ring (bicyclic) bond motifs is 2. The molecule has 0 spiro atoms. The molecule has 0 aromatic heterocycles. The van der Waals surface area contributed by atoms with E-state index in [0.29, 0.717) is 30.1 Å². The minimum atomic E-state index is -0.467. The normalized spacial score (nSPS) is 28.0. The fraction of sp³-hybridized carbons (Fsp3) is 0.579. The zero-order valence-electron chi connectivity index (χ0n) is 28.5. The largest absolute Gasteiger partial charge is 0.461 e. The molecule has 2 aromatic rings. The molecule has 6 atom stereocenters. The predicted octanol–water partition coefficient (Wildman–Crippen LogP) is 7.63. The van der Waals surface area contributed by atoms with Gasteiger partial charge in [-0.15, -0.1) is 0 Å². The standard InChI is InChI=1S/C19H26O4S.C19H24O4S/c2*1-19(2)22-15-13-24-16(18(15)23-19)10-6-7-11-17(20)21-12-14-8-4-3-5-9-14/h3-5,8-9,15-16,18H,6-7,10-13H2,1-2H3;3-5,7-9,11,15-16,18H,6,10,12-13H2,1-2H3/b;11-7+/t2*15?,16-,18-/m00/s1. The average molecular weight is 699 g/mol. The van der Waals surface area contributed by atoms with Crippen molar-refractivity contribution in [1.82, 2.24) is 0 Å². The first-order chi connectivity index (χ1) is 23.1. The minimum Gasteiger partial charge on any atom is -0.461 e. The zero-order valence-corrected chi connectivity index (χ0v) is 30.2. The third kappa shape index (κ3) is 11.4. The van der Waals surface area contributed by atoms with Crippen molar-refractivity contribution in [2.75, 3.05) is 11.5 Å². The van der Waals surface area contributed by atoms with E-state index in [9.17, 15) is 9.59 Å². The van der Waals surface area contributed by atoms with Crippen LogP contribution in [0.2, 0.25) is 0 Å². The van der Waals surface area contributed by atoms with Crippen LogP contribution in [0.3, 0.4) is 0 Å². The van der Waals surface area contributed by atoms with E-state index in [0.717, 1.165) is 54.7 Å². The van der Waals surface area contributed by atoms with Gasteiger partial charge in [-0.1, -0.05) is 73.2 Å². The van der Waals surface area contributed by atoms with Crippen molar-refractivity contribution in [3.8, 4) is 0 Å². The van der Waals surface area contributed by atoms with E-state index in [1.807, 2.05) is 118 Å². The van der Waals surface area contributed by atoms with E-state index in [1.54, 1.807) is 0 Å². The van der Waals surface area contributed by atoms with E-state index >= 15 is 0 Å². The smallest absolute Gasteiger partial charge is 0.330 e. The molecule has 2 unspecified atom stereocenters. The van der Waals surface area contributed by atoms with Gasteiger partial charge in [-0.25, -0.2) is 4.79 Å². The summed E-state index contributed by atoms with van der Waals surface area (Å²) in [6.45, 7) is 8.58. The number of hydrogen-bond acceptors (Lipinski definition) is 10. The van der Waals surface area contributed by atoms with Gasteiger partial charge in [0.2, 0.25) is 0 Å². The molecule has 4 fully saturated rings. The SMILES string of the molecule is CC1(C)OC2CS[C@@H](CC/C=C/C(=O)OCc3ccccc3)[C@H]2O1.CC1(C)OC2CS[C@@H](CCCCC(=O)OCc3ccccc3)[C@H]2O1. The van der Waals surface area contributed by atoms with Gasteiger partial charge in [0, 0.05) is 34.5 Å². The van der Waals surface area contributed by atoms with Gasteiger partial charge in [0.25, 0.3) is 0 Å². The molecule has 4 aliphatic heterocycles. The van der Waals surface area contributed by atoms with E-state index in [2.05, 4.69) is 0 Å². The van der Waals surface area contributed by atoms with Gasteiger partial charge in [-0.2, -0.15) is 23.5 Å². The van der Waals surface area contributed by atoms with E-state index in [1.165, 1.54) is 6.08 Å². The summed E-state index contributed by atoms with van der Waals surface area (Å²) in [5.74, 6) is 0.677. The number of carbonyl (C=O) groups excluding carboxylic acids is 2. The average Bonchev–Trinajstić information content (AvgIpc) is 3.79. The lowest BCUT2D eigenvalue weighted by Crippen LogP contribution is -2.27. The number of ether oxygens (including phenoxy) is 6. The molecule has 4 saturated heterocycles. The Morgan fingerprint density at radius 2 is 1.25 bits per heavy atom. The Hall–Kier alpha value is -2.34. The molecule has 0 bridgehead atoms. The molecule has 262 valence electrons. The zero-order chi connectivity index (χ0) is 34.0. The first-order valence-corrected chi connectivity index (χ1v) is 19.2. The van der Waals surface area contributed by atoms with E-state index < -0.39 is 11.6 Å². The van der Waals surface area contributed by atoms with Crippen molar-refractivity contribution in [3.05, 3.63) is 83.9 Å². The summed E-state index contributed by atoms with van der Waals surface area (Å²) in [6.07, 6.45) is 9.48. The molecule has 0 aliphatic carbocycles. The molecule has 2 aromatic carbocycles. The number of rotatable bonds is 13. The molecular formula is C38H50O8S2. The number of carbonyl (C=O) groups is 2. The van der Waals surface area contributed by atoms with Crippen LogP contribution in [0.4, 0.5) is 0 Å². The lowest BCUT2D eigenvalue weighted by molar-refractivity contribution is -0.146. The van der Waals surface area contributed by atoms with E-state index in [-0.39, 0.29) is 36.4 Å². The minimum absolute atomic E-state index is 0.114. The van der Waals surface area contributed by atoms with Crippen LogP contribution < -0.4 is 0 Å². The molecule has 0 amide bonds. The second-order valence-corrected chi connectivity index (χ2v) is 16.0. The highest BCUT2D eigenvalue weighted by molar-refractivity contribution is 8.00. The van der Waals surface area contributed by atoms with E-state index in [4.69, 9.17) is 28.4 Å². The summed E-state index contributed by atoms with van der Waals surface area (Å²) >= 11 is 3.84. The number of thioether (sulfide) groups is 2. The summed E-state index contributed by atoms with van der Waals surface area (Å²) in [5, 5.41) is 0.916. The number of hydrogen-bond donors (Lipinski definition) is 0. The Morgan fingerprint density at radius 1 is 0.729 bits per heavy atom. The van der Waals surface area contributed by atoms with Crippen molar-refractivity contribution in [3.63, 3.8) is 0 Å². The summed E-state index contributed by atoms with van der Waals surface area (Å²) in [6, 6.07) is 19.5. The molecule has 6 rings (SSSR count). The molecule has 10 heteroatoms. The Labute approximate surface area is 294 Å². The number of esters is 2. The first kappa shape index (κ1) is 36.9. The van der Waals surface area contributed by atoms with Crippen LogP contribution in [-0.2, 0) is 51.2 Å². The highest BCUT2D eigenvalue weighted by atomic mass is 32.2. The van der Waals surface area contributed by atoms with Crippen molar-refractivity contribution in [2.24, 2.45) is 0 Å². The molecule has 8 nitrogen and oxygen atoms in total. The summed E-state index contributed by atoms with van der Waals surface area (Å²) in [4.78, 5) is 23.5. The Balaban J connectivity index is 0.000000188. The lowest BCUT2D eigenvalue weighted by Gasteiger charge is -2.21. The van der Waals surface area contributed by atoms with Crippen molar-refractivity contribution in [2.45, 2.75) is 126 Å². The summed E-state index contributed by atoms with van der Waals surface area (Å²) < 4.78 is 34.3. The third-order valence-electron chi connectivity index (χ3n) is 8.58. The number of unbranched alkanes of at least 4 members (excludes halogenated alkanes) is 1. The Kier molecular flexibility index (Phi) is 13.5. The van der Waals surface area contributed by atoms with Crippen molar-refractivity contribution < 1.29 is 38.0 Å². The Morgan fingerprint density at radius 3 is 1.81 bits per heavy atom. The molecule has 48 heavy (non-hydrogen) atoms. The second-order valence-electron chi connectivity index (χ2n) is 13.5. The molecule has 0 radical (unpaired) electrons. The fourth-order valence-electron chi connectivity index (χ4n) is 6.38. The topological polar surface area (TPSA) is 89.5 Å². The van der Waals surface area contributed by atoms with Crippen LogP contribution in [-0.4, -0.2) is 69.9 Å². The van der Waals surface area contributed by atoms with Crippen LogP contribution in [0, 0.1) is 0 Å². The van der Waals surface area contributed by atoms with Crippen LogP contribution in [0.15, 0.2) is 72.8 Å². The van der Waals surface area contributed by atoms with Crippen LogP contribution in [0.1, 0.15) is 77.3 Å². The first-order valence-electron chi connectivity index (χ1n) is 17.1. The third-order valence-corrected chi connectivity index (χ3v) is 11.5. The maximum absolute atomic E-state index is 11.8. The van der Waals surface area contributed by atoms with Gasteiger partial charge < -0.3 is 28.4 Å². The predicted molar refractivity (Wildman–Crippen MR) is 189 cm³/mol. The molecule has 0 N–H and O–H groups in total. The summed E-state index contributed by atoms with van der Waals surface area (Å²) in [7, 11) is 0. The number of allylic oxidation sites excluding steroid dienone is 1. The molecule has 4 aliphatic rings. The molecular weight excluding hydrogens is 649 g/mol. The Bertz CT molecular complexity index is 1330.